The molecule has 0 saturated carbocycles. The van der Waals surface area contributed by atoms with Crippen molar-refractivity contribution >= 4 is 29.1 Å². The number of hydrogen-bond acceptors (Lipinski definition) is 5. The second-order valence-corrected chi connectivity index (χ2v) is 6.49. The van der Waals surface area contributed by atoms with Gasteiger partial charge in [0.25, 0.3) is 5.91 Å². The van der Waals surface area contributed by atoms with Gasteiger partial charge >= 0.3 is 11.8 Å². The molecule has 1 heterocycles. The average molecular weight is 366 g/mol. The summed E-state index contributed by atoms with van der Waals surface area (Å²) in [6.45, 7) is 4.12. The molecule has 0 atom stereocenters. The fourth-order valence-corrected chi connectivity index (χ4v) is 3.06. The van der Waals surface area contributed by atoms with E-state index in [9.17, 15) is 14.4 Å². The number of anilines is 2. The van der Waals surface area contributed by atoms with Gasteiger partial charge in [-0.2, -0.15) is 0 Å². The largest absolute Gasteiger partial charge is 0.398 e. The molecule has 2 aromatic carbocycles. The number of nitrogen functional groups attached to an aromatic ring is 1. The number of carbonyl (C=O) groups excluding carboxylic acids is 3. The van der Waals surface area contributed by atoms with E-state index in [1.807, 2.05) is 25.1 Å². The molecule has 1 aliphatic heterocycles. The molecule has 140 valence electrons. The van der Waals surface area contributed by atoms with Crippen LogP contribution in [0.4, 0.5) is 11.4 Å². The molecule has 0 aliphatic carbocycles. The van der Waals surface area contributed by atoms with Gasteiger partial charge in [-0.3, -0.25) is 19.7 Å². The number of nitrogens with two attached hydrogens (primary N) is 1. The van der Waals surface area contributed by atoms with Crippen LogP contribution in [0.15, 0.2) is 48.5 Å². The third kappa shape index (κ3) is 4.25. The van der Waals surface area contributed by atoms with Gasteiger partial charge in [-0.25, -0.2) is 0 Å². The van der Waals surface area contributed by atoms with E-state index >= 15 is 0 Å². The summed E-state index contributed by atoms with van der Waals surface area (Å²) in [4.78, 5) is 40.3. The number of piperazine rings is 1. The van der Waals surface area contributed by atoms with Crippen molar-refractivity contribution in [2.24, 2.45) is 0 Å². The smallest absolute Gasteiger partial charge is 0.316 e. The Morgan fingerprint density at radius 1 is 0.963 bits per heavy atom. The first-order chi connectivity index (χ1) is 13.0. The van der Waals surface area contributed by atoms with Crippen molar-refractivity contribution in [3.8, 4) is 0 Å². The molecule has 0 unspecified atom stereocenters. The number of para-hydroxylation sites is 1. The van der Waals surface area contributed by atoms with E-state index in [-0.39, 0.29) is 11.3 Å². The maximum absolute atomic E-state index is 12.4. The van der Waals surface area contributed by atoms with Crippen molar-refractivity contribution in [1.82, 2.24) is 10.2 Å². The molecule has 27 heavy (non-hydrogen) atoms. The highest BCUT2D eigenvalue weighted by atomic mass is 16.2. The number of aryl methyl sites for hydroxylation is 1. The van der Waals surface area contributed by atoms with Crippen LogP contribution in [0.2, 0.25) is 0 Å². The number of imide groups is 1. The maximum Gasteiger partial charge on any atom is 0.316 e. The number of hydrogen-bond donors (Lipinski definition) is 2. The molecule has 1 aliphatic rings. The first kappa shape index (κ1) is 18.4. The Morgan fingerprint density at radius 3 is 2.33 bits per heavy atom. The summed E-state index contributed by atoms with van der Waals surface area (Å²) in [5.41, 5.74) is 8.41. The lowest BCUT2D eigenvalue weighted by molar-refractivity contribution is -0.145. The van der Waals surface area contributed by atoms with E-state index in [0.717, 1.165) is 5.69 Å². The lowest BCUT2D eigenvalue weighted by Gasteiger charge is -2.35. The Hall–Kier alpha value is -3.35. The van der Waals surface area contributed by atoms with E-state index < -0.39 is 17.7 Å². The number of carbonyl (C=O) groups is 3. The number of rotatable bonds is 2. The molecule has 7 heteroatoms. The molecular weight excluding hydrogens is 344 g/mol. The molecule has 3 N–H and O–H groups in total. The second kappa shape index (κ2) is 7.90. The van der Waals surface area contributed by atoms with Gasteiger partial charge in [0, 0.05) is 37.6 Å². The maximum atomic E-state index is 12.4. The van der Waals surface area contributed by atoms with Crippen LogP contribution in [0.25, 0.3) is 0 Å². The Morgan fingerprint density at radius 2 is 1.67 bits per heavy atom. The van der Waals surface area contributed by atoms with Crippen LogP contribution in [0.1, 0.15) is 15.9 Å². The standard InChI is InChI=1S/C20H22N4O3/c1-14-5-4-6-15(13-14)23-9-11-24(12-10-23)20(27)19(26)22-18(25)16-7-2-3-8-17(16)21/h2-8,13H,9-12,21H2,1H3,(H,22,25,26). The Balaban J connectivity index is 1.56. The minimum Gasteiger partial charge on any atom is -0.398 e. The molecule has 0 bridgehead atoms. The lowest BCUT2D eigenvalue weighted by Crippen LogP contribution is -2.53. The predicted octanol–water partition coefficient (Wildman–Crippen LogP) is 1.18. The zero-order chi connectivity index (χ0) is 19.4. The Bertz CT molecular complexity index is 873. The minimum atomic E-state index is -0.938. The number of nitrogens with one attached hydrogen (secondary N) is 1. The molecule has 3 amide bonds. The molecule has 3 rings (SSSR count). The summed E-state index contributed by atoms with van der Waals surface area (Å²) in [5, 5.41) is 2.12. The molecule has 2 aromatic rings. The fraction of sp³-hybridized carbons (Fsp3) is 0.250. The van der Waals surface area contributed by atoms with Crippen molar-refractivity contribution in [1.29, 1.82) is 0 Å². The first-order valence-electron chi connectivity index (χ1n) is 8.76. The highest BCUT2D eigenvalue weighted by molar-refractivity contribution is 6.38. The number of nitrogens with zero attached hydrogens (tertiary/aromatic N) is 2. The van der Waals surface area contributed by atoms with E-state index in [2.05, 4.69) is 16.3 Å². The van der Waals surface area contributed by atoms with E-state index in [0.29, 0.717) is 26.2 Å². The zero-order valence-corrected chi connectivity index (χ0v) is 15.1. The van der Waals surface area contributed by atoms with Gasteiger partial charge in [0.1, 0.15) is 0 Å². The SMILES string of the molecule is Cc1cccc(N2CCN(C(=O)C(=O)NC(=O)c3ccccc3N)CC2)c1. The van der Waals surface area contributed by atoms with Gasteiger partial charge in [0.05, 0.1) is 5.56 Å². The predicted molar refractivity (Wildman–Crippen MR) is 103 cm³/mol. The van der Waals surface area contributed by atoms with Crippen LogP contribution in [0.5, 0.6) is 0 Å². The molecule has 7 nitrogen and oxygen atoms in total. The molecule has 0 aromatic heterocycles. The van der Waals surface area contributed by atoms with Crippen LogP contribution in [-0.2, 0) is 9.59 Å². The van der Waals surface area contributed by atoms with E-state index in [1.54, 1.807) is 18.2 Å². The molecule has 1 saturated heterocycles. The lowest BCUT2D eigenvalue weighted by atomic mass is 10.1. The van der Waals surface area contributed by atoms with Crippen LogP contribution in [0, 0.1) is 6.92 Å². The van der Waals surface area contributed by atoms with Gasteiger partial charge in [-0.05, 0) is 36.8 Å². The van der Waals surface area contributed by atoms with E-state index in [1.165, 1.54) is 16.5 Å². The monoisotopic (exact) mass is 366 g/mol. The van der Waals surface area contributed by atoms with Crippen LogP contribution < -0.4 is 16.0 Å². The van der Waals surface area contributed by atoms with Crippen molar-refractivity contribution in [3.05, 3.63) is 59.7 Å². The normalized spacial score (nSPS) is 14.0. The Kier molecular flexibility index (Phi) is 5.40. The number of benzene rings is 2. The summed E-state index contributed by atoms with van der Waals surface area (Å²) in [7, 11) is 0. The molecular formula is C20H22N4O3. The minimum absolute atomic E-state index is 0.169. The van der Waals surface area contributed by atoms with Gasteiger partial charge in [-0.1, -0.05) is 24.3 Å². The van der Waals surface area contributed by atoms with Crippen molar-refractivity contribution in [2.75, 3.05) is 36.8 Å². The van der Waals surface area contributed by atoms with Crippen molar-refractivity contribution in [2.45, 2.75) is 6.92 Å². The van der Waals surface area contributed by atoms with Crippen molar-refractivity contribution < 1.29 is 14.4 Å². The fourth-order valence-electron chi connectivity index (χ4n) is 3.06. The molecule has 0 radical (unpaired) electrons. The topological polar surface area (TPSA) is 95.7 Å². The summed E-state index contributed by atoms with van der Waals surface area (Å²) in [5.74, 6) is -2.32. The van der Waals surface area contributed by atoms with Crippen LogP contribution in [-0.4, -0.2) is 48.8 Å². The zero-order valence-electron chi connectivity index (χ0n) is 15.1. The van der Waals surface area contributed by atoms with Crippen molar-refractivity contribution in [3.63, 3.8) is 0 Å². The highest BCUT2D eigenvalue weighted by Gasteiger charge is 2.27. The van der Waals surface area contributed by atoms with Crippen LogP contribution >= 0.6 is 0 Å². The highest BCUT2D eigenvalue weighted by Crippen LogP contribution is 2.18. The summed E-state index contributed by atoms with van der Waals surface area (Å²) in [6.07, 6.45) is 0. The van der Waals surface area contributed by atoms with Gasteiger partial charge in [0.2, 0.25) is 0 Å². The van der Waals surface area contributed by atoms with Crippen LogP contribution in [0.3, 0.4) is 0 Å². The Labute approximate surface area is 157 Å². The third-order valence-corrected chi connectivity index (χ3v) is 4.56. The third-order valence-electron chi connectivity index (χ3n) is 4.56. The summed E-state index contributed by atoms with van der Waals surface area (Å²) < 4.78 is 0. The van der Waals surface area contributed by atoms with Gasteiger partial charge in [0.15, 0.2) is 0 Å². The van der Waals surface area contributed by atoms with Gasteiger partial charge < -0.3 is 15.5 Å². The first-order valence-corrected chi connectivity index (χ1v) is 8.76. The summed E-state index contributed by atoms with van der Waals surface area (Å²) in [6, 6.07) is 14.5. The van der Waals surface area contributed by atoms with Gasteiger partial charge in [-0.15, -0.1) is 0 Å². The average Bonchev–Trinajstić information content (AvgIpc) is 2.67. The number of amides is 3. The molecule has 0 spiro atoms. The van der Waals surface area contributed by atoms with E-state index in [4.69, 9.17) is 5.73 Å². The molecule has 1 fully saturated rings. The second-order valence-electron chi connectivity index (χ2n) is 6.49. The summed E-state index contributed by atoms with van der Waals surface area (Å²) >= 11 is 0. The quantitative estimate of drug-likeness (QED) is 0.615.